The van der Waals surface area contributed by atoms with Gasteiger partial charge in [0.15, 0.2) is 17.1 Å². The molecular formula is C22H21N9O2S. The number of nitrogens with one attached hydrogen (secondary N) is 1. The van der Waals surface area contributed by atoms with Crippen molar-refractivity contribution in [2.24, 2.45) is 5.92 Å². The van der Waals surface area contributed by atoms with E-state index in [2.05, 4.69) is 30.7 Å². The van der Waals surface area contributed by atoms with Gasteiger partial charge in [-0.1, -0.05) is 0 Å². The number of carbonyl (C=O) groups excluding carboxylic acids is 1. The predicted molar refractivity (Wildman–Crippen MR) is 125 cm³/mol. The first-order valence-corrected chi connectivity index (χ1v) is 11.7. The normalized spacial score (nSPS) is 13.7. The molecule has 6 rings (SSSR count). The molecule has 11 nitrogen and oxygen atoms in total. The van der Waals surface area contributed by atoms with Gasteiger partial charge in [0.25, 0.3) is 0 Å². The molecule has 1 amide bonds. The molecule has 1 saturated carbocycles. The van der Waals surface area contributed by atoms with Crippen molar-refractivity contribution < 1.29 is 9.53 Å². The summed E-state index contributed by atoms with van der Waals surface area (Å²) < 4.78 is 10.6. The van der Waals surface area contributed by atoms with Gasteiger partial charge in [0, 0.05) is 36.5 Å². The van der Waals surface area contributed by atoms with Gasteiger partial charge in [-0.2, -0.15) is 10.2 Å². The molecule has 172 valence electrons. The summed E-state index contributed by atoms with van der Waals surface area (Å²) in [5.41, 5.74) is 3.41. The van der Waals surface area contributed by atoms with Gasteiger partial charge in [-0.25, -0.2) is 9.50 Å². The number of ether oxygens (including phenoxy) is 1. The van der Waals surface area contributed by atoms with Gasteiger partial charge in [0.05, 0.1) is 25.5 Å². The minimum absolute atomic E-state index is 0.0213. The van der Waals surface area contributed by atoms with Gasteiger partial charge < -0.3 is 10.1 Å². The summed E-state index contributed by atoms with van der Waals surface area (Å²) in [6, 6.07) is 7.68. The first kappa shape index (κ1) is 20.8. The molecule has 1 fully saturated rings. The zero-order chi connectivity index (χ0) is 23.1. The van der Waals surface area contributed by atoms with Crippen molar-refractivity contribution in [1.82, 2.24) is 39.0 Å². The summed E-state index contributed by atoms with van der Waals surface area (Å²) in [5.74, 6) is 0.651. The minimum Gasteiger partial charge on any atom is -0.383 e. The van der Waals surface area contributed by atoms with E-state index in [1.165, 1.54) is 11.8 Å². The van der Waals surface area contributed by atoms with Crippen molar-refractivity contribution in [3.05, 3.63) is 49.1 Å². The summed E-state index contributed by atoms with van der Waals surface area (Å²) in [7, 11) is 1.68. The Kier molecular flexibility index (Phi) is 5.23. The summed E-state index contributed by atoms with van der Waals surface area (Å²) in [6.07, 6.45) is 9.44. The maximum atomic E-state index is 12.0. The zero-order valence-electron chi connectivity index (χ0n) is 18.3. The number of aromatic nitrogens is 8. The number of fused-ring (bicyclic) bond motifs is 2. The van der Waals surface area contributed by atoms with Gasteiger partial charge in [-0.15, -0.1) is 10.2 Å². The van der Waals surface area contributed by atoms with Crippen molar-refractivity contribution in [2.45, 2.75) is 29.6 Å². The fourth-order valence-corrected chi connectivity index (χ4v) is 4.35. The van der Waals surface area contributed by atoms with Crippen molar-refractivity contribution in [3.8, 4) is 11.1 Å². The van der Waals surface area contributed by atoms with Crippen LogP contribution < -0.4 is 5.32 Å². The third-order valence-corrected chi connectivity index (χ3v) is 6.44. The molecule has 1 aliphatic carbocycles. The van der Waals surface area contributed by atoms with E-state index in [0.717, 1.165) is 34.6 Å². The molecule has 0 spiro atoms. The molecule has 0 unspecified atom stereocenters. The Hall–Kier alpha value is -3.77. The van der Waals surface area contributed by atoms with Gasteiger partial charge in [-0.05, 0) is 48.9 Å². The summed E-state index contributed by atoms with van der Waals surface area (Å²) in [6.45, 7) is 1.30. The van der Waals surface area contributed by atoms with Crippen molar-refractivity contribution in [2.75, 3.05) is 19.0 Å². The van der Waals surface area contributed by atoms with E-state index < -0.39 is 0 Å². The van der Waals surface area contributed by atoms with E-state index in [0.29, 0.717) is 29.8 Å². The number of imidazole rings is 1. The zero-order valence-corrected chi connectivity index (χ0v) is 19.1. The van der Waals surface area contributed by atoms with Gasteiger partial charge in [-0.3, -0.25) is 13.9 Å². The lowest BCUT2D eigenvalue weighted by Gasteiger charge is -2.03. The highest BCUT2D eigenvalue weighted by molar-refractivity contribution is 7.99. The molecule has 5 aromatic rings. The molecular weight excluding hydrogens is 454 g/mol. The van der Waals surface area contributed by atoms with Gasteiger partial charge >= 0.3 is 0 Å². The Morgan fingerprint density at radius 2 is 2.00 bits per heavy atom. The van der Waals surface area contributed by atoms with Crippen LogP contribution in [0, 0.1) is 5.92 Å². The first-order chi connectivity index (χ1) is 16.7. The lowest BCUT2D eigenvalue weighted by atomic mass is 10.2. The molecule has 0 atom stereocenters. The maximum Gasteiger partial charge on any atom is 0.228 e. The molecule has 0 aromatic carbocycles. The van der Waals surface area contributed by atoms with Crippen LogP contribution in [-0.4, -0.2) is 58.6 Å². The Labute approximate surface area is 198 Å². The van der Waals surface area contributed by atoms with Crippen LogP contribution >= 0.6 is 11.8 Å². The molecule has 1 N–H and O–H groups in total. The second kappa shape index (κ2) is 8.54. The minimum atomic E-state index is 0.0213. The van der Waals surface area contributed by atoms with Gasteiger partial charge in [0.2, 0.25) is 11.1 Å². The van der Waals surface area contributed by atoms with Crippen LogP contribution in [0.2, 0.25) is 0 Å². The van der Waals surface area contributed by atoms with E-state index >= 15 is 0 Å². The third kappa shape index (κ3) is 4.13. The number of methoxy groups -OCH3 is 1. The Morgan fingerprint density at radius 1 is 1.12 bits per heavy atom. The number of hydrogen-bond donors (Lipinski definition) is 1. The van der Waals surface area contributed by atoms with Crippen molar-refractivity contribution in [1.29, 1.82) is 0 Å². The quantitative estimate of drug-likeness (QED) is 0.364. The highest BCUT2D eigenvalue weighted by Gasteiger charge is 2.30. The summed E-state index contributed by atoms with van der Waals surface area (Å²) >= 11 is 1.40. The second-order valence-corrected chi connectivity index (χ2v) is 9.07. The number of pyridine rings is 1. The molecule has 0 bridgehead atoms. The van der Waals surface area contributed by atoms with E-state index in [4.69, 9.17) is 4.74 Å². The monoisotopic (exact) mass is 475 g/mol. The molecule has 5 heterocycles. The fourth-order valence-electron chi connectivity index (χ4n) is 3.58. The van der Waals surface area contributed by atoms with Crippen LogP contribution in [0.4, 0.5) is 5.82 Å². The largest absolute Gasteiger partial charge is 0.383 e. The highest BCUT2D eigenvalue weighted by Crippen LogP contribution is 2.30. The molecule has 0 radical (unpaired) electrons. The SMILES string of the molecule is COCCn1cc(-c2ccc3nnc(Sc4ccc5nc(NC(=O)C6CC6)cn5n4)n3c2)cn1. The van der Waals surface area contributed by atoms with Crippen molar-refractivity contribution >= 4 is 34.8 Å². The van der Waals surface area contributed by atoms with Crippen LogP contribution in [-0.2, 0) is 16.1 Å². The van der Waals surface area contributed by atoms with E-state index in [1.54, 1.807) is 17.8 Å². The van der Waals surface area contributed by atoms with Crippen LogP contribution in [0.3, 0.4) is 0 Å². The lowest BCUT2D eigenvalue weighted by molar-refractivity contribution is -0.117. The molecule has 0 aliphatic heterocycles. The average molecular weight is 476 g/mol. The number of carbonyl (C=O) groups is 1. The number of rotatable bonds is 8. The maximum absolute atomic E-state index is 12.0. The Bertz CT molecular complexity index is 1500. The predicted octanol–water partition coefficient (Wildman–Crippen LogP) is 2.78. The second-order valence-electron chi connectivity index (χ2n) is 8.08. The van der Waals surface area contributed by atoms with E-state index in [1.807, 2.05) is 51.9 Å². The Morgan fingerprint density at radius 3 is 2.85 bits per heavy atom. The topological polar surface area (TPSA) is 117 Å². The number of nitrogens with zero attached hydrogens (tertiary/aromatic N) is 8. The fraction of sp³-hybridized carbons (Fsp3) is 0.273. The molecule has 12 heteroatoms. The third-order valence-electron chi connectivity index (χ3n) is 5.55. The standard InChI is InChI=1S/C22H21N9O2S/c1-33-9-8-29-11-16(10-23-29)15-4-5-19-26-27-22(30(19)12-15)34-20-7-6-18-24-17(13-31(18)28-20)25-21(32)14-2-3-14/h4-7,10-14H,2-3,8-9H2,1H3,(H,25,32). The summed E-state index contributed by atoms with van der Waals surface area (Å²) in [5, 5.41) is 21.9. The van der Waals surface area contributed by atoms with E-state index in [-0.39, 0.29) is 11.8 Å². The lowest BCUT2D eigenvalue weighted by Crippen LogP contribution is -2.13. The van der Waals surface area contributed by atoms with Crippen LogP contribution in [0.5, 0.6) is 0 Å². The molecule has 1 aliphatic rings. The molecule has 0 saturated heterocycles. The Balaban J connectivity index is 1.24. The number of hydrogen-bond acceptors (Lipinski definition) is 8. The number of amides is 1. The molecule has 5 aromatic heterocycles. The smallest absolute Gasteiger partial charge is 0.228 e. The van der Waals surface area contributed by atoms with E-state index in [9.17, 15) is 4.79 Å². The highest BCUT2D eigenvalue weighted by atomic mass is 32.2. The number of anilines is 1. The van der Waals surface area contributed by atoms with Gasteiger partial charge in [0.1, 0.15) is 5.03 Å². The first-order valence-electron chi connectivity index (χ1n) is 10.9. The summed E-state index contributed by atoms with van der Waals surface area (Å²) in [4.78, 5) is 16.4. The van der Waals surface area contributed by atoms with Crippen LogP contribution in [0.1, 0.15) is 12.8 Å². The molecule has 34 heavy (non-hydrogen) atoms. The van der Waals surface area contributed by atoms with Crippen molar-refractivity contribution in [3.63, 3.8) is 0 Å². The van der Waals surface area contributed by atoms with Crippen LogP contribution in [0.25, 0.3) is 22.4 Å². The average Bonchev–Trinajstić information content (AvgIpc) is 3.28. The van der Waals surface area contributed by atoms with Crippen LogP contribution in [0.15, 0.2) is 59.2 Å².